The van der Waals surface area contributed by atoms with Crippen LogP contribution >= 0.6 is 0 Å². The summed E-state index contributed by atoms with van der Waals surface area (Å²) < 4.78 is 31.6. The van der Waals surface area contributed by atoms with E-state index in [9.17, 15) is 43.5 Å². The van der Waals surface area contributed by atoms with Gasteiger partial charge in [0.25, 0.3) is 11.8 Å². The first-order valence-electron chi connectivity index (χ1n) is 30.5. The van der Waals surface area contributed by atoms with E-state index >= 15 is 0 Å². The molecule has 3 N–H and O–H groups in total. The number of aliphatic hydroxyl groups is 1. The Morgan fingerprint density at radius 3 is 1.19 bits per heavy atom. The molecule has 0 bridgehead atoms. The molecule has 0 radical (unpaired) electrons. The molecule has 0 aromatic rings. The fourth-order valence-corrected chi connectivity index (χ4v) is 8.81. The highest BCUT2D eigenvalue weighted by molar-refractivity contribution is 5.78. The molecule has 0 aliphatic heterocycles. The summed E-state index contributed by atoms with van der Waals surface area (Å²) in [5, 5.41) is 17.0. The maximum atomic E-state index is 13.3. The zero-order valence-corrected chi connectivity index (χ0v) is 56.5. The number of hydrogen-bond acceptors (Lipinski definition) is 15. The second-order valence-electron chi connectivity index (χ2n) is 23.6. The van der Waals surface area contributed by atoms with E-state index in [0.717, 1.165) is 122 Å². The fraction of sp³-hybridized carbons (Fsp3) is 0.769. The van der Waals surface area contributed by atoms with Crippen LogP contribution in [0.2, 0.25) is 0 Å². The molecule has 20 nitrogen and oxygen atoms in total. The molecular formula is C65H125N5O15. The molecule has 0 saturated carbocycles. The molecule has 500 valence electrons. The monoisotopic (exact) mass is 1220 g/mol. The number of rotatable bonds is 48. The highest BCUT2D eigenvalue weighted by Crippen LogP contribution is 2.18. The molecule has 4 unspecified atom stereocenters. The van der Waals surface area contributed by atoms with Gasteiger partial charge in [-0.25, -0.2) is 4.79 Å². The van der Waals surface area contributed by atoms with E-state index in [1.54, 1.807) is 0 Å². The maximum absolute atomic E-state index is 13.3. The number of methoxy groups -OCH3 is 2. The van der Waals surface area contributed by atoms with E-state index in [4.69, 9.17) is 18.9 Å². The van der Waals surface area contributed by atoms with Gasteiger partial charge < -0.3 is 79.9 Å². The zero-order valence-electron chi connectivity index (χ0n) is 56.5. The number of hydrogen-bond donors (Lipinski definition) is 3. The summed E-state index contributed by atoms with van der Waals surface area (Å²) in [7, 11) is 14.3. The number of carbonyl (C=O) groups excluding carboxylic acids is 8. The Kier molecular flexibility index (Phi) is 56.9. The summed E-state index contributed by atoms with van der Waals surface area (Å²) >= 11 is 0. The van der Waals surface area contributed by atoms with Crippen LogP contribution in [-0.4, -0.2) is 206 Å². The molecule has 0 fully saturated rings. The van der Waals surface area contributed by atoms with Gasteiger partial charge in [-0.2, -0.15) is 0 Å². The van der Waals surface area contributed by atoms with Gasteiger partial charge in [-0.05, 0) is 57.8 Å². The zero-order chi connectivity index (χ0) is 62.2. The largest absolute Gasteiger partial charge is 0.469 e. The van der Waals surface area contributed by atoms with Gasteiger partial charge in [-0.15, -0.1) is 0 Å². The van der Waals surface area contributed by atoms with Crippen molar-refractivity contribution in [2.45, 2.75) is 213 Å². The molecular weight excluding hydrogens is 1090 g/mol. The van der Waals surface area contributed by atoms with Gasteiger partial charge in [-0.1, -0.05) is 115 Å². The van der Waals surface area contributed by atoms with E-state index in [1.165, 1.54) is 35.0 Å². The topological polar surface area (TPSA) is 236 Å². The number of aliphatic hydroxyl groups excluding tert-OH is 1. The van der Waals surface area contributed by atoms with Crippen molar-refractivity contribution in [1.82, 2.24) is 10.6 Å². The van der Waals surface area contributed by atoms with Gasteiger partial charge in [0, 0.05) is 40.0 Å². The number of quaternary nitrogens is 3. The van der Waals surface area contributed by atoms with Crippen LogP contribution in [0.5, 0.6) is 0 Å². The Morgan fingerprint density at radius 1 is 0.447 bits per heavy atom. The number of amides is 2. The maximum Gasteiger partial charge on any atom is 0.362 e. The predicted octanol–water partition coefficient (Wildman–Crippen LogP) is 9.35. The minimum Gasteiger partial charge on any atom is -0.469 e. The molecule has 0 spiro atoms. The highest BCUT2D eigenvalue weighted by Gasteiger charge is 2.31. The standard InChI is InChI=1S/C35H64N3O9.C27H50N2O6.3CH3/c1-9-10-17-20-31(36-33(41)27-37(4,5)23-25-45-29(2)39)32(47-35(43)28-38(6,7)24-26-46-30(3)40)21-18-15-13-11-12-14-16-19-22-34(42)44-8;1-6-7-14-17-24(28-26(32)22-29(3,4)20-21-35-23(2)30)25(31)18-15-12-10-8-9-11-13-16-19-27(33)34-5;;;/h15,18,31-32H,9-14,16-17,19-28H2,1-8H3;12,15,24-25,31H,6-11,13-14,16-22H2,1-5H3;3*1H3/q+1;;3*-1/p+2. The highest BCUT2D eigenvalue weighted by atomic mass is 16.6. The average Bonchev–Trinajstić information content (AvgIpc) is 3.54. The lowest BCUT2D eigenvalue weighted by Crippen LogP contribution is -2.54. The Hall–Kier alpha value is -4.92. The van der Waals surface area contributed by atoms with Gasteiger partial charge in [-0.3, -0.25) is 33.6 Å². The van der Waals surface area contributed by atoms with Crippen molar-refractivity contribution < 1.29 is 85.3 Å². The molecule has 4 atom stereocenters. The van der Waals surface area contributed by atoms with Crippen molar-refractivity contribution >= 4 is 47.6 Å². The molecule has 0 aliphatic rings. The van der Waals surface area contributed by atoms with Gasteiger partial charge in [0.2, 0.25) is 0 Å². The van der Waals surface area contributed by atoms with Gasteiger partial charge in [0.05, 0.1) is 74.7 Å². The lowest BCUT2D eigenvalue weighted by Gasteiger charge is -2.33. The van der Waals surface area contributed by atoms with Crippen LogP contribution in [0.25, 0.3) is 0 Å². The Labute approximate surface area is 517 Å². The molecule has 0 rings (SSSR count). The van der Waals surface area contributed by atoms with Crippen molar-refractivity contribution in [3.63, 3.8) is 0 Å². The van der Waals surface area contributed by atoms with Crippen LogP contribution in [0, 0.1) is 22.3 Å². The number of nitrogens with one attached hydrogen (secondary N) is 2. The van der Waals surface area contributed by atoms with Gasteiger partial charge in [0.1, 0.15) is 45.6 Å². The average molecular weight is 1220 g/mol. The molecule has 0 aromatic heterocycles. The normalized spacial score (nSPS) is 12.8. The van der Waals surface area contributed by atoms with Crippen molar-refractivity contribution in [2.75, 3.05) is 116 Å². The molecule has 0 heterocycles. The number of esters is 6. The number of likely N-dealkylation sites (N-methyl/N-ethyl adjacent to an activating group) is 3. The number of carbonyl (C=O) groups is 8. The molecule has 0 saturated heterocycles. The lowest BCUT2D eigenvalue weighted by molar-refractivity contribution is -0.883. The van der Waals surface area contributed by atoms with Crippen LogP contribution in [0.15, 0.2) is 24.3 Å². The van der Waals surface area contributed by atoms with Gasteiger partial charge >= 0.3 is 35.8 Å². The predicted molar refractivity (Wildman–Crippen MR) is 339 cm³/mol. The third-order valence-corrected chi connectivity index (χ3v) is 13.9. The fourth-order valence-electron chi connectivity index (χ4n) is 8.81. The summed E-state index contributed by atoms with van der Waals surface area (Å²) in [5.41, 5.74) is 0. The summed E-state index contributed by atoms with van der Waals surface area (Å²) in [6, 6.07) is -0.649. The van der Waals surface area contributed by atoms with E-state index in [-0.39, 0.29) is 126 Å². The SMILES string of the molecule is CCCCCC(NC(=O)C[N+](C)(C)CCOC(C)=O)C(CC=CCCCCCCCC(=O)OC)OC(=O)C[N+](C)(C)CCOC(C)=O.CCCCCC(NC(=O)C[N+](C)(C)CCOC(C)=O)C(O)CC=CCCCCCCCC(=O)OC.[CH3-].[CH3-].[CH3-]. The van der Waals surface area contributed by atoms with Gasteiger partial charge in [0.15, 0.2) is 19.6 Å². The van der Waals surface area contributed by atoms with E-state index in [2.05, 4.69) is 46.1 Å². The quantitative estimate of drug-likeness (QED) is 0.0129. The summed E-state index contributed by atoms with van der Waals surface area (Å²) in [6.45, 7) is 11.1. The molecule has 20 heteroatoms. The molecule has 0 aliphatic carbocycles. The Bertz CT molecular complexity index is 1840. The van der Waals surface area contributed by atoms with Crippen molar-refractivity contribution in [2.24, 2.45) is 0 Å². The van der Waals surface area contributed by atoms with Crippen LogP contribution in [0.3, 0.4) is 0 Å². The van der Waals surface area contributed by atoms with E-state index in [0.29, 0.717) is 60.7 Å². The number of unbranched alkanes of at least 4 members (excludes halogenated alkanes) is 14. The van der Waals surface area contributed by atoms with Crippen molar-refractivity contribution in [3.8, 4) is 0 Å². The molecule has 85 heavy (non-hydrogen) atoms. The first kappa shape index (κ1) is 88.8. The Balaban J connectivity index is -0.000000504. The van der Waals surface area contributed by atoms with E-state index in [1.807, 2.05) is 54.4 Å². The third kappa shape index (κ3) is 56.6. The molecule has 0 aromatic carbocycles. The first-order chi connectivity index (χ1) is 38.7. The van der Waals surface area contributed by atoms with Crippen molar-refractivity contribution in [3.05, 3.63) is 46.6 Å². The lowest BCUT2D eigenvalue weighted by atomic mass is 9.99. The number of ether oxygens (including phenoxy) is 6. The minimum atomic E-state index is -0.623. The summed E-state index contributed by atoms with van der Waals surface area (Å²) in [4.78, 5) is 94.9. The second-order valence-corrected chi connectivity index (χ2v) is 23.6. The van der Waals surface area contributed by atoms with Crippen molar-refractivity contribution in [1.29, 1.82) is 0 Å². The third-order valence-electron chi connectivity index (χ3n) is 13.9. The van der Waals surface area contributed by atoms with Crippen LogP contribution in [0.4, 0.5) is 0 Å². The second kappa shape index (κ2) is 54.5. The van der Waals surface area contributed by atoms with Crippen LogP contribution < -0.4 is 10.6 Å². The van der Waals surface area contributed by atoms with Crippen LogP contribution in [0.1, 0.15) is 189 Å². The summed E-state index contributed by atoms with van der Waals surface area (Å²) in [5.74, 6) is -1.99. The first-order valence-corrected chi connectivity index (χ1v) is 30.5. The number of nitrogens with zero attached hydrogens (tertiary/aromatic N) is 3. The number of allylic oxidation sites excluding steroid dienone is 2. The summed E-state index contributed by atoms with van der Waals surface area (Å²) in [6.07, 6.45) is 28.5. The van der Waals surface area contributed by atoms with E-state index < -0.39 is 12.2 Å². The smallest absolute Gasteiger partial charge is 0.362 e. The van der Waals surface area contributed by atoms with Crippen LogP contribution in [-0.2, 0) is 66.8 Å². The molecule has 2 amide bonds. The Morgan fingerprint density at radius 2 is 0.800 bits per heavy atom. The minimum absolute atomic E-state index is 0.